The predicted octanol–water partition coefficient (Wildman–Crippen LogP) is 2.72. The first-order chi connectivity index (χ1) is 13.5. The Kier molecular flexibility index (Phi) is 5.31. The quantitative estimate of drug-likeness (QED) is 0.635. The highest BCUT2D eigenvalue weighted by Gasteiger charge is 2.27. The third-order valence-electron chi connectivity index (χ3n) is 4.24. The molecule has 3 rings (SSSR count). The van der Waals surface area contributed by atoms with Crippen molar-refractivity contribution < 1.29 is 17.9 Å². The van der Waals surface area contributed by atoms with Crippen LogP contribution in [0.15, 0.2) is 23.4 Å². The lowest BCUT2D eigenvalue weighted by atomic mass is 10.0. The van der Waals surface area contributed by atoms with Gasteiger partial charge in [0.2, 0.25) is 0 Å². The maximum Gasteiger partial charge on any atom is 0.340 e. The van der Waals surface area contributed by atoms with Gasteiger partial charge in [0, 0.05) is 11.4 Å². The first-order valence-corrected chi connectivity index (χ1v) is 10.5. The second kappa shape index (κ2) is 7.43. The van der Waals surface area contributed by atoms with E-state index in [9.17, 15) is 13.2 Å². The molecule has 2 aromatic heterocycles. The summed E-state index contributed by atoms with van der Waals surface area (Å²) >= 11 is 0. The van der Waals surface area contributed by atoms with Crippen LogP contribution in [0.1, 0.15) is 46.7 Å². The van der Waals surface area contributed by atoms with Gasteiger partial charge in [0.15, 0.2) is 0 Å². The number of rotatable bonds is 5. The molecule has 0 aliphatic rings. The predicted molar refractivity (Wildman–Crippen MR) is 108 cm³/mol. The van der Waals surface area contributed by atoms with Gasteiger partial charge >= 0.3 is 5.97 Å². The van der Waals surface area contributed by atoms with E-state index in [1.165, 1.54) is 4.52 Å². The normalized spacial score (nSPS) is 11.8. The number of nitrogens with one attached hydrogen (secondary N) is 1. The number of nitrogens with zero attached hydrogens (tertiary/aromatic N) is 4. The molecule has 0 aliphatic carbocycles. The summed E-state index contributed by atoms with van der Waals surface area (Å²) in [6, 6.07) is 5.24. The summed E-state index contributed by atoms with van der Waals surface area (Å²) in [4.78, 5) is 20.9. The average molecular weight is 417 g/mol. The molecule has 0 spiro atoms. The van der Waals surface area contributed by atoms with Gasteiger partial charge in [-0.1, -0.05) is 12.1 Å². The van der Waals surface area contributed by atoms with Gasteiger partial charge < -0.3 is 4.74 Å². The zero-order valence-electron chi connectivity index (χ0n) is 17.1. The molecule has 154 valence electrons. The van der Waals surface area contributed by atoms with Crippen LogP contribution in [0.4, 0.5) is 5.69 Å². The van der Waals surface area contributed by atoms with E-state index in [0.717, 1.165) is 0 Å². The molecule has 0 radical (unpaired) electrons. The summed E-state index contributed by atoms with van der Waals surface area (Å²) in [6.07, 6.45) is -0.343. The van der Waals surface area contributed by atoms with Crippen LogP contribution in [-0.2, 0) is 14.8 Å². The lowest BCUT2D eigenvalue weighted by Crippen LogP contribution is -2.20. The van der Waals surface area contributed by atoms with Crippen LogP contribution in [0.5, 0.6) is 0 Å². The van der Waals surface area contributed by atoms with Gasteiger partial charge in [-0.05, 0) is 58.7 Å². The van der Waals surface area contributed by atoms with Crippen LogP contribution >= 0.6 is 0 Å². The minimum atomic E-state index is -4.17. The minimum Gasteiger partial charge on any atom is -0.459 e. The highest BCUT2D eigenvalue weighted by molar-refractivity contribution is 7.92. The standard InChI is InChI=1S/C19H23N5O4S/c1-10(2)28-17(25)15-11(3)7-8-12(4)16(15)23-29(26,27)19-21-18-20-13(5)9-14(6)24(18)22-19/h7-10,23H,1-6H3. The Balaban J connectivity index is 2.08. The van der Waals surface area contributed by atoms with Crippen molar-refractivity contribution in [2.24, 2.45) is 0 Å². The maximum atomic E-state index is 13.0. The van der Waals surface area contributed by atoms with Crippen molar-refractivity contribution in [2.75, 3.05) is 4.72 Å². The van der Waals surface area contributed by atoms with E-state index in [-0.39, 0.29) is 23.1 Å². The van der Waals surface area contributed by atoms with Crippen molar-refractivity contribution in [1.29, 1.82) is 0 Å². The topological polar surface area (TPSA) is 116 Å². The summed E-state index contributed by atoms with van der Waals surface area (Å²) in [5.74, 6) is -0.418. The second-order valence-electron chi connectivity index (χ2n) is 7.15. The molecule has 0 aliphatic heterocycles. The number of aryl methyl sites for hydroxylation is 4. The average Bonchev–Trinajstić information content (AvgIpc) is 3.02. The van der Waals surface area contributed by atoms with Gasteiger partial charge in [0.25, 0.3) is 21.0 Å². The van der Waals surface area contributed by atoms with Crippen LogP contribution in [0.2, 0.25) is 0 Å². The van der Waals surface area contributed by atoms with Gasteiger partial charge in [-0.15, -0.1) is 5.10 Å². The Morgan fingerprint density at radius 1 is 1.10 bits per heavy atom. The van der Waals surface area contributed by atoms with Gasteiger partial charge in [-0.2, -0.15) is 13.4 Å². The molecule has 1 N–H and O–H groups in total. The van der Waals surface area contributed by atoms with Crippen LogP contribution < -0.4 is 4.72 Å². The summed E-state index contributed by atoms with van der Waals surface area (Å²) in [6.45, 7) is 10.4. The lowest BCUT2D eigenvalue weighted by Gasteiger charge is -2.17. The van der Waals surface area contributed by atoms with Crippen LogP contribution in [0.25, 0.3) is 5.78 Å². The molecular weight excluding hydrogens is 394 g/mol. The summed E-state index contributed by atoms with van der Waals surface area (Å²) in [5.41, 5.74) is 2.88. The molecule has 10 heteroatoms. The molecule has 0 unspecified atom stereocenters. The van der Waals surface area contributed by atoms with Crippen LogP contribution in [-0.4, -0.2) is 40.1 Å². The molecule has 0 atom stereocenters. The van der Waals surface area contributed by atoms with E-state index in [0.29, 0.717) is 22.5 Å². The Labute approximate surface area is 169 Å². The van der Waals surface area contributed by atoms with Crippen molar-refractivity contribution in [3.63, 3.8) is 0 Å². The van der Waals surface area contributed by atoms with E-state index in [2.05, 4.69) is 19.8 Å². The monoisotopic (exact) mass is 417 g/mol. The fourth-order valence-corrected chi connectivity index (χ4v) is 3.93. The largest absolute Gasteiger partial charge is 0.459 e. The molecular formula is C19H23N5O4S. The van der Waals surface area contributed by atoms with E-state index >= 15 is 0 Å². The Morgan fingerprint density at radius 2 is 1.76 bits per heavy atom. The third-order valence-corrected chi connectivity index (χ3v) is 5.37. The maximum absolute atomic E-state index is 13.0. The zero-order valence-corrected chi connectivity index (χ0v) is 18.0. The van der Waals surface area contributed by atoms with Crippen molar-refractivity contribution in [3.05, 3.63) is 46.3 Å². The number of ether oxygens (including phenoxy) is 1. The molecule has 0 amide bonds. The van der Waals surface area contributed by atoms with Crippen molar-refractivity contribution in [3.8, 4) is 0 Å². The number of hydrogen-bond acceptors (Lipinski definition) is 7. The molecule has 0 bridgehead atoms. The molecule has 0 fully saturated rings. The summed E-state index contributed by atoms with van der Waals surface area (Å²) in [5, 5.41) is 3.64. The highest BCUT2D eigenvalue weighted by atomic mass is 32.2. The fraction of sp³-hybridized carbons (Fsp3) is 0.368. The summed E-state index contributed by atoms with van der Waals surface area (Å²) in [7, 11) is -4.17. The van der Waals surface area contributed by atoms with E-state index in [1.54, 1.807) is 59.7 Å². The SMILES string of the molecule is Cc1cc(C)n2nc(S(=O)(=O)Nc3c(C)ccc(C)c3C(=O)OC(C)C)nc2n1. The van der Waals surface area contributed by atoms with Crippen LogP contribution in [0, 0.1) is 27.7 Å². The van der Waals surface area contributed by atoms with Crippen molar-refractivity contribution in [2.45, 2.75) is 52.8 Å². The number of aromatic nitrogens is 4. The van der Waals surface area contributed by atoms with Crippen molar-refractivity contribution >= 4 is 27.5 Å². The van der Waals surface area contributed by atoms with E-state index in [1.807, 2.05) is 0 Å². The number of esters is 1. The fourth-order valence-electron chi connectivity index (χ4n) is 2.92. The number of carbonyl (C=O) groups is 1. The smallest absolute Gasteiger partial charge is 0.340 e. The molecule has 9 nitrogen and oxygen atoms in total. The Bertz CT molecular complexity index is 1220. The molecule has 0 saturated heterocycles. The lowest BCUT2D eigenvalue weighted by molar-refractivity contribution is 0.0378. The van der Waals surface area contributed by atoms with Crippen molar-refractivity contribution in [1.82, 2.24) is 19.6 Å². The molecule has 29 heavy (non-hydrogen) atoms. The molecule has 0 saturated carbocycles. The van der Waals surface area contributed by atoms with Crippen LogP contribution in [0.3, 0.4) is 0 Å². The summed E-state index contributed by atoms with van der Waals surface area (Å²) < 4.78 is 35.1. The van der Waals surface area contributed by atoms with E-state index < -0.39 is 21.1 Å². The number of benzene rings is 1. The first kappa shape index (κ1) is 20.7. The number of hydrogen-bond donors (Lipinski definition) is 1. The number of carbonyl (C=O) groups excluding carboxylic acids is 1. The Morgan fingerprint density at radius 3 is 2.41 bits per heavy atom. The van der Waals surface area contributed by atoms with Gasteiger partial charge in [0.1, 0.15) is 0 Å². The number of fused-ring (bicyclic) bond motifs is 1. The van der Waals surface area contributed by atoms with E-state index in [4.69, 9.17) is 4.74 Å². The number of sulfonamides is 1. The molecule has 2 heterocycles. The number of anilines is 1. The highest BCUT2D eigenvalue weighted by Crippen LogP contribution is 2.27. The van der Waals surface area contributed by atoms with Gasteiger partial charge in [-0.3, -0.25) is 4.72 Å². The van der Waals surface area contributed by atoms with Gasteiger partial charge in [-0.25, -0.2) is 14.3 Å². The molecule has 1 aromatic carbocycles. The first-order valence-electron chi connectivity index (χ1n) is 9.04. The van der Waals surface area contributed by atoms with Gasteiger partial charge in [0.05, 0.1) is 17.4 Å². The Hall–Kier alpha value is -3.01. The zero-order chi connectivity index (χ0) is 21.5. The second-order valence-corrected chi connectivity index (χ2v) is 8.73. The minimum absolute atomic E-state index is 0.148. The third kappa shape index (κ3) is 4.07. The molecule has 3 aromatic rings.